The molecule has 15 heavy (non-hydrogen) atoms. The lowest BCUT2D eigenvalue weighted by Gasteiger charge is -2.06. The van der Waals surface area contributed by atoms with Gasteiger partial charge in [0.25, 0.3) is 0 Å². The van der Waals surface area contributed by atoms with Gasteiger partial charge in [0.05, 0.1) is 0 Å². The first-order chi connectivity index (χ1) is 7.09. The fourth-order valence-electron chi connectivity index (χ4n) is 1.31. The van der Waals surface area contributed by atoms with Crippen molar-refractivity contribution < 1.29 is 15.1 Å². The van der Waals surface area contributed by atoms with Crippen molar-refractivity contribution in [2.45, 2.75) is 18.9 Å². The molecule has 0 aliphatic heterocycles. The van der Waals surface area contributed by atoms with Gasteiger partial charge >= 0.3 is 0 Å². The predicted octanol–water partition coefficient (Wildman–Crippen LogP) is 0.962. The molecule has 1 rings (SSSR count). The Kier molecular flexibility index (Phi) is 4.05. The molecule has 5 nitrogen and oxygen atoms in total. The molecule has 0 amide bonds. The van der Waals surface area contributed by atoms with Crippen molar-refractivity contribution in [3.63, 3.8) is 0 Å². The molecule has 2 N–H and O–H groups in total. The van der Waals surface area contributed by atoms with Gasteiger partial charge in [0.2, 0.25) is 6.54 Å². The van der Waals surface area contributed by atoms with Crippen LogP contribution >= 0.6 is 0 Å². The van der Waals surface area contributed by atoms with Crippen LogP contribution in [0.3, 0.4) is 0 Å². The van der Waals surface area contributed by atoms with Crippen LogP contribution in [0.15, 0.2) is 24.3 Å². The van der Waals surface area contributed by atoms with Crippen LogP contribution in [0.2, 0.25) is 0 Å². The molecule has 0 saturated carbocycles. The van der Waals surface area contributed by atoms with Crippen molar-refractivity contribution in [3.05, 3.63) is 39.9 Å². The second kappa shape index (κ2) is 5.31. The SMILES string of the molecule is O=[N+]([O-])C[C@@H](O)CCc1ccccc1O. The van der Waals surface area contributed by atoms with Crippen LogP contribution in [-0.2, 0) is 6.42 Å². The molecule has 0 aromatic heterocycles. The van der Waals surface area contributed by atoms with Gasteiger partial charge in [0.15, 0.2) is 0 Å². The van der Waals surface area contributed by atoms with Gasteiger partial charge in [-0.15, -0.1) is 0 Å². The molecule has 0 unspecified atom stereocenters. The van der Waals surface area contributed by atoms with E-state index in [0.29, 0.717) is 12.0 Å². The zero-order chi connectivity index (χ0) is 11.3. The van der Waals surface area contributed by atoms with Gasteiger partial charge in [-0.2, -0.15) is 0 Å². The van der Waals surface area contributed by atoms with Gasteiger partial charge in [-0.25, -0.2) is 0 Å². The molecule has 0 fully saturated rings. The Morgan fingerprint density at radius 2 is 2.07 bits per heavy atom. The van der Waals surface area contributed by atoms with E-state index in [0.717, 1.165) is 0 Å². The molecule has 0 aliphatic rings. The first-order valence-electron chi connectivity index (χ1n) is 4.66. The van der Waals surface area contributed by atoms with Crippen molar-refractivity contribution in [3.8, 4) is 5.75 Å². The van der Waals surface area contributed by atoms with Gasteiger partial charge < -0.3 is 10.2 Å². The summed E-state index contributed by atoms with van der Waals surface area (Å²) in [7, 11) is 0. The fraction of sp³-hybridized carbons (Fsp3) is 0.400. The van der Waals surface area contributed by atoms with Gasteiger partial charge in [-0.1, -0.05) is 18.2 Å². The molecular weight excluding hydrogens is 198 g/mol. The highest BCUT2D eigenvalue weighted by atomic mass is 16.6. The van der Waals surface area contributed by atoms with E-state index < -0.39 is 17.6 Å². The number of aliphatic hydroxyl groups is 1. The standard InChI is InChI=1S/C10H13NO4/c12-9(7-11(14)15)6-5-8-3-1-2-4-10(8)13/h1-4,9,12-13H,5-7H2/t9-/m0/s1. The first kappa shape index (κ1) is 11.5. The maximum absolute atomic E-state index is 10.1. The summed E-state index contributed by atoms with van der Waals surface area (Å²) in [6.45, 7) is -0.451. The number of benzene rings is 1. The number of rotatable bonds is 5. The molecular formula is C10H13NO4. The number of phenols is 1. The van der Waals surface area contributed by atoms with E-state index in [1.165, 1.54) is 0 Å². The summed E-state index contributed by atoms with van der Waals surface area (Å²) < 4.78 is 0. The minimum absolute atomic E-state index is 0.158. The topological polar surface area (TPSA) is 83.6 Å². The minimum atomic E-state index is -0.959. The second-order valence-corrected chi connectivity index (χ2v) is 3.34. The van der Waals surface area contributed by atoms with Crippen LogP contribution in [0, 0.1) is 10.1 Å². The number of nitro groups is 1. The monoisotopic (exact) mass is 211 g/mol. The van der Waals surface area contributed by atoms with Crippen molar-refractivity contribution in [1.29, 1.82) is 0 Å². The van der Waals surface area contributed by atoms with Gasteiger partial charge in [0.1, 0.15) is 11.9 Å². The lowest BCUT2D eigenvalue weighted by Crippen LogP contribution is -2.19. The van der Waals surface area contributed by atoms with Crippen LogP contribution in [0.4, 0.5) is 0 Å². The average Bonchev–Trinajstić information content (AvgIpc) is 2.15. The molecule has 0 radical (unpaired) electrons. The first-order valence-corrected chi connectivity index (χ1v) is 4.66. The lowest BCUT2D eigenvalue weighted by molar-refractivity contribution is -0.490. The quantitative estimate of drug-likeness (QED) is 0.561. The van der Waals surface area contributed by atoms with Crippen molar-refractivity contribution in [1.82, 2.24) is 0 Å². The minimum Gasteiger partial charge on any atom is -0.508 e. The summed E-state index contributed by atoms with van der Waals surface area (Å²) in [4.78, 5) is 9.54. The van der Waals surface area contributed by atoms with Crippen molar-refractivity contribution >= 4 is 0 Å². The Balaban J connectivity index is 2.43. The maximum Gasteiger partial charge on any atom is 0.229 e. The van der Waals surface area contributed by atoms with E-state index >= 15 is 0 Å². The van der Waals surface area contributed by atoms with Crippen LogP contribution < -0.4 is 0 Å². The summed E-state index contributed by atoms with van der Waals surface area (Å²) in [6, 6.07) is 6.75. The van der Waals surface area contributed by atoms with Crippen LogP contribution in [0.5, 0.6) is 5.75 Å². The van der Waals surface area contributed by atoms with Crippen molar-refractivity contribution in [2.24, 2.45) is 0 Å². The lowest BCUT2D eigenvalue weighted by atomic mass is 10.1. The third kappa shape index (κ3) is 3.95. The molecule has 1 aromatic carbocycles. The van der Waals surface area contributed by atoms with Gasteiger partial charge in [-0.3, -0.25) is 10.1 Å². The van der Waals surface area contributed by atoms with E-state index in [1.807, 2.05) is 0 Å². The summed E-state index contributed by atoms with van der Waals surface area (Å²) in [5.74, 6) is 0.158. The third-order valence-electron chi connectivity index (χ3n) is 2.10. The number of hydrogen-bond acceptors (Lipinski definition) is 4. The van der Waals surface area contributed by atoms with Crippen LogP contribution in [-0.4, -0.2) is 27.8 Å². The highest BCUT2D eigenvalue weighted by Crippen LogP contribution is 2.17. The Labute approximate surface area is 87.1 Å². The number of nitrogens with zero attached hydrogens (tertiary/aromatic N) is 1. The van der Waals surface area contributed by atoms with Crippen LogP contribution in [0.25, 0.3) is 0 Å². The largest absolute Gasteiger partial charge is 0.508 e. The van der Waals surface area contributed by atoms with E-state index in [-0.39, 0.29) is 12.2 Å². The van der Waals surface area contributed by atoms with Crippen molar-refractivity contribution in [2.75, 3.05) is 6.54 Å². The number of aromatic hydroxyl groups is 1. The summed E-state index contributed by atoms with van der Waals surface area (Å²) in [5, 5.41) is 28.7. The average molecular weight is 211 g/mol. The Bertz CT molecular complexity index is 340. The summed E-state index contributed by atoms with van der Waals surface area (Å²) in [6.07, 6.45) is -0.250. The number of phenolic OH excluding ortho intramolecular Hbond substituents is 1. The number of aryl methyl sites for hydroxylation is 1. The van der Waals surface area contributed by atoms with E-state index in [2.05, 4.69) is 0 Å². The number of para-hydroxylation sites is 1. The molecule has 0 aliphatic carbocycles. The molecule has 82 valence electrons. The van der Waals surface area contributed by atoms with E-state index in [1.54, 1.807) is 24.3 Å². The molecule has 1 atom stereocenters. The van der Waals surface area contributed by atoms with E-state index in [4.69, 9.17) is 0 Å². The van der Waals surface area contributed by atoms with Gasteiger partial charge in [-0.05, 0) is 24.5 Å². The number of hydrogen-bond donors (Lipinski definition) is 2. The molecule has 0 spiro atoms. The van der Waals surface area contributed by atoms with Gasteiger partial charge in [0, 0.05) is 4.92 Å². The zero-order valence-corrected chi connectivity index (χ0v) is 8.17. The third-order valence-corrected chi connectivity index (χ3v) is 2.10. The highest BCUT2D eigenvalue weighted by Gasteiger charge is 2.12. The molecule has 0 saturated heterocycles. The Morgan fingerprint density at radius 1 is 1.40 bits per heavy atom. The summed E-state index contributed by atoms with van der Waals surface area (Å²) >= 11 is 0. The van der Waals surface area contributed by atoms with E-state index in [9.17, 15) is 20.3 Å². The molecule has 0 bridgehead atoms. The normalized spacial score (nSPS) is 12.3. The van der Waals surface area contributed by atoms with Crippen LogP contribution in [0.1, 0.15) is 12.0 Å². The second-order valence-electron chi connectivity index (χ2n) is 3.34. The molecule has 5 heteroatoms. The fourth-order valence-corrected chi connectivity index (χ4v) is 1.31. The highest BCUT2D eigenvalue weighted by molar-refractivity contribution is 5.31. The Morgan fingerprint density at radius 3 is 2.67 bits per heavy atom. The molecule has 1 aromatic rings. The Hall–Kier alpha value is -1.62. The molecule has 0 heterocycles. The zero-order valence-electron chi connectivity index (χ0n) is 8.17. The number of aliphatic hydroxyl groups excluding tert-OH is 1. The maximum atomic E-state index is 10.1. The summed E-state index contributed by atoms with van der Waals surface area (Å²) in [5.41, 5.74) is 0.694. The predicted molar refractivity (Wildman–Crippen MR) is 54.3 cm³/mol. The smallest absolute Gasteiger partial charge is 0.229 e.